The molecule has 4 nitrogen and oxygen atoms in total. The molecule has 0 aliphatic rings. The monoisotopic (exact) mass is 246 g/mol. The topological polar surface area (TPSA) is 44.8 Å². The Labute approximate surface area is 104 Å². The van der Waals surface area contributed by atoms with Crippen LogP contribution >= 0.6 is 0 Å². The third-order valence-corrected chi connectivity index (χ3v) is 2.75. The van der Waals surface area contributed by atoms with Crippen LogP contribution in [0.3, 0.4) is 0 Å². The number of rotatable bonds is 10. The first-order valence-corrected chi connectivity index (χ1v) is 6.69. The molecule has 0 bridgehead atoms. The molecule has 0 saturated carbocycles. The predicted molar refractivity (Wildman–Crippen MR) is 65.9 cm³/mol. The third-order valence-electron chi connectivity index (χ3n) is 2.75. The molecular weight excluding hydrogens is 220 g/mol. The zero-order valence-corrected chi connectivity index (χ0v) is 11.5. The highest BCUT2D eigenvalue weighted by Gasteiger charge is 2.19. The van der Waals surface area contributed by atoms with Crippen LogP contribution in [0.1, 0.15) is 66.2 Å². The van der Waals surface area contributed by atoms with Crippen molar-refractivity contribution in [2.75, 3.05) is 0 Å². The van der Waals surface area contributed by atoms with Crippen LogP contribution in [-0.2, 0) is 19.6 Å². The molecule has 0 heterocycles. The lowest BCUT2D eigenvalue weighted by Gasteiger charge is -2.13. The Kier molecular flexibility index (Phi) is 10.2. The average molecular weight is 246 g/mol. The van der Waals surface area contributed by atoms with Crippen LogP contribution in [0.15, 0.2) is 0 Å². The van der Waals surface area contributed by atoms with Crippen LogP contribution in [0, 0.1) is 5.92 Å². The van der Waals surface area contributed by atoms with E-state index in [2.05, 4.69) is 23.8 Å². The van der Waals surface area contributed by atoms with Gasteiger partial charge >= 0.3 is 5.97 Å². The maximum absolute atomic E-state index is 11.6. The number of carbonyl (C=O) groups is 1. The van der Waals surface area contributed by atoms with Crippen molar-refractivity contribution in [3.05, 3.63) is 0 Å². The molecule has 17 heavy (non-hydrogen) atoms. The summed E-state index contributed by atoms with van der Waals surface area (Å²) in [6, 6.07) is 0. The average Bonchev–Trinajstić information content (AvgIpc) is 2.30. The van der Waals surface area contributed by atoms with Gasteiger partial charge < -0.3 is 0 Å². The van der Waals surface area contributed by atoms with E-state index in [1.165, 1.54) is 0 Å². The van der Waals surface area contributed by atoms with Gasteiger partial charge in [0.25, 0.3) is 0 Å². The Morgan fingerprint density at radius 2 is 1.82 bits per heavy atom. The molecule has 0 radical (unpaired) electrons. The molecule has 0 rings (SSSR count). The summed E-state index contributed by atoms with van der Waals surface area (Å²) in [6.45, 7) is 8.02. The summed E-state index contributed by atoms with van der Waals surface area (Å²) in [5.41, 5.74) is 0. The molecule has 102 valence electrons. The summed E-state index contributed by atoms with van der Waals surface area (Å²) >= 11 is 0. The zero-order valence-electron chi connectivity index (χ0n) is 11.5. The normalized spacial score (nSPS) is 14.4. The summed E-state index contributed by atoms with van der Waals surface area (Å²) in [6.07, 6.45) is 5.56. The van der Waals surface area contributed by atoms with Crippen molar-refractivity contribution in [1.29, 1.82) is 0 Å². The van der Waals surface area contributed by atoms with Crippen LogP contribution in [0.5, 0.6) is 0 Å². The molecule has 0 aliphatic carbocycles. The minimum atomic E-state index is -0.329. The maximum atomic E-state index is 11.6. The van der Waals surface area contributed by atoms with E-state index in [-0.39, 0.29) is 18.0 Å². The van der Waals surface area contributed by atoms with Gasteiger partial charge in [-0.05, 0) is 31.2 Å². The minimum absolute atomic E-state index is 0.0523. The van der Waals surface area contributed by atoms with E-state index >= 15 is 0 Å². The Morgan fingerprint density at radius 1 is 1.12 bits per heavy atom. The number of unbranched alkanes of at least 4 members (excludes halogenated alkanes) is 1. The van der Waals surface area contributed by atoms with Crippen LogP contribution in [0.25, 0.3) is 0 Å². The van der Waals surface area contributed by atoms with Crippen molar-refractivity contribution in [2.45, 2.75) is 72.3 Å². The molecule has 0 fully saturated rings. The van der Waals surface area contributed by atoms with Crippen molar-refractivity contribution >= 4 is 5.97 Å². The third kappa shape index (κ3) is 8.16. The highest BCUT2D eigenvalue weighted by atomic mass is 17.5. The van der Waals surface area contributed by atoms with Gasteiger partial charge in [-0.25, -0.2) is 4.79 Å². The van der Waals surface area contributed by atoms with Gasteiger partial charge in [-0.3, -0.25) is 4.89 Å². The second-order valence-electron chi connectivity index (χ2n) is 4.41. The quantitative estimate of drug-likeness (QED) is 0.434. The summed E-state index contributed by atoms with van der Waals surface area (Å²) in [7, 11) is 0. The fourth-order valence-corrected chi connectivity index (χ4v) is 1.58. The SMILES string of the molecule is CCCCC(CC)C(=O)OOOC(C)CCC. The Morgan fingerprint density at radius 3 is 2.35 bits per heavy atom. The Balaban J connectivity index is 3.74. The van der Waals surface area contributed by atoms with Gasteiger partial charge in [0.1, 0.15) is 0 Å². The van der Waals surface area contributed by atoms with Crippen molar-refractivity contribution in [1.82, 2.24) is 0 Å². The van der Waals surface area contributed by atoms with Crippen LogP contribution in [0.2, 0.25) is 0 Å². The maximum Gasteiger partial charge on any atom is 0.348 e. The van der Waals surface area contributed by atoms with Gasteiger partial charge in [-0.1, -0.05) is 40.0 Å². The fourth-order valence-electron chi connectivity index (χ4n) is 1.58. The lowest BCUT2D eigenvalue weighted by atomic mass is 10.00. The molecule has 4 heteroatoms. The Hall–Kier alpha value is -0.610. The van der Waals surface area contributed by atoms with Crippen LogP contribution in [-0.4, -0.2) is 12.1 Å². The standard InChI is InChI=1S/C13H26O4/c1-5-8-10-12(7-3)13(14)16-17-15-11(4)9-6-2/h11-12H,5-10H2,1-4H3. The van der Waals surface area contributed by atoms with Gasteiger partial charge in [0.2, 0.25) is 0 Å². The number of hydrogen-bond donors (Lipinski definition) is 0. The summed E-state index contributed by atoms with van der Waals surface area (Å²) in [5, 5.41) is 4.52. The largest absolute Gasteiger partial charge is 0.348 e. The minimum Gasteiger partial charge on any atom is -0.269 e. The molecule has 2 unspecified atom stereocenters. The lowest BCUT2D eigenvalue weighted by molar-refractivity contribution is -0.501. The van der Waals surface area contributed by atoms with E-state index in [9.17, 15) is 4.79 Å². The van der Waals surface area contributed by atoms with Gasteiger partial charge in [-0.15, -0.1) is 0 Å². The molecule has 2 atom stereocenters. The molecule has 0 aliphatic heterocycles. The highest BCUT2D eigenvalue weighted by molar-refractivity contribution is 5.71. The predicted octanol–water partition coefficient (Wildman–Crippen LogP) is 3.80. The molecule has 0 saturated heterocycles. The van der Waals surface area contributed by atoms with Crippen molar-refractivity contribution in [3.63, 3.8) is 0 Å². The first-order chi connectivity index (χ1) is 8.15. The molecular formula is C13H26O4. The van der Waals surface area contributed by atoms with E-state index in [0.717, 1.165) is 38.5 Å². The van der Waals surface area contributed by atoms with Gasteiger partial charge in [0, 0.05) is 0 Å². The van der Waals surface area contributed by atoms with Gasteiger partial charge in [0.05, 0.1) is 12.0 Å². The molecule has 0 aromatic rings. The first kappa shape index (κ1) is 16.4. The van der Waals surface area contributed by atoms with Crippen molar-refractivity contribution in [3.8, 4) is 0 Å². The summed E-state index contributed by atoms with van der Waals surface area (Å²) in [4.78, 5) is 21.1. The lowest BCUT2D eigenvalue weighted by Crippen LogP contribution is -2.19. The van der Waals surface area contributed by atoms with E-state index in [1.54, 1.807) is 0 Å². The highest BCUT2D eigenvalue weighted by Crippen LogP contribution is 2.14. The smallest absolute Gasteiger partial charge is 0.269 e. The molecule has 0 spiro atoms. The number of hydrogen-bond acceptors (Lipinski definition) is 4. The second kappa shape index (κ2) is 10.5. The zero-order chi connectivity index (χ0) is 13.1. The van der Waals surface area contributed by atoms with Gasteiger partial charge in [-0.2, -0.15) is 4.89 Å². The van der Waals surface area contributed by atoms with E-state index in [0.29, 0.717) is 0 Å². The molecule has 0 amide bonds. The Bertz CT molecular complexity index is 194. The van der Waals surface area contributed by atoms with E-state index < -0.39 is 0 Å². The number of carbonyl (C=O) groups excluding carboxylic acids is 1. The first-order valence-electron chi connectivity index (χ1n) is 6.69. The molecule has 0 N–H and O–H groups in total. The van der Waals surface area contributed by atoms with Crippen LogP contribution < -0.4 is 0 Å². The summed E-state index contributed by atoms with van der Waals surface area (Å²) < 4.78 is 0. The molecule has 0 aromatic heterocycles. The van der Waals surface area contributed by atoms with E-state index in [4.69, 9.17) is 4.89 Å². The fraction of sp³-hybridized carbons (Fsp3) is 0.923. The van der Waals surface area contributed by atoms with Crippen molar-refractivity contribution < 1.29 is 19.6 Å². The van der Waals surface area contributed by atoms with Crippen molar-refractivity contribution in [2.24, 2.45) is 5.92 Å². The van der Waals surface area contributed by atoms with E-state index in [1.807, 2.05) is 13.8 Å². The second-order valence-corrected chi connectivity index (χ2v) is 4.41. The van der Waals surface area contributed by atoms with Gasteiger partial charge in [0.15, 0.2) is 0 Å². The summed E-state index contributed by atoms with van der Waals surface area (Å²) in [5.74, 6) is -0.412. The van der Waals surface area contributed by atoms with Crippen LogP contribution in [0.4, 0.5) is 0 Å². The molecule has 0 aromatic carbocycles.